The standard InChI is InChI=1S/C50H32F8N2O6/c51-47(52,29-61-45-25-23-41(65-45)59(43-27-33-13-3-7-21-39(33)63-43)37-19-9-15-31-11-1-5-17-35(31)37)49(55,56)50(57,58)48(53,54)30-62-46-26-24-42(66-46)60(44-28-34-14-4-8-22-40(34)64-44)38-20-10-16-32-12-2-6-18-36(32)38/h1-28H,29-30H2. The lowest BCUT2D eigenvalue weighted by Crippen LogP contribution is -2.65. The van der Waals surface area contributed by atoms with Crippen molar-refractivity contribution in [2.24, 2.45) is 0 Å². The summed E-state index contributed by atoms with van der Waals surface area (Å²) in [5, 5.41) is 4.41. The van der Waals surface area contributed by atoms with Crippen LogP contribution in [0.25, 0.3) is 43.5 Å². The topological polar surface area (TPSA) is 77.5 Å². The molecule has 0 fully saturated rings. The average Bonchev–Trinajstić information content (AvgIpc) is 4.15. The van der Waals surface area contributed by atoms with E-state index in [9.17, 15) is 0 Å². The van der Waals surface area contributed by atoms with Crippen molar-refractivity contribution < 1.29 is 62.3 Å². The lowest BCUT2D eigenvalue weighted by atomic mass is 9.99. The van der Waals surface area contributed by atoms with Gasteiger partial charge in [0.2, 0.25) is 23.5 Å². The molecule has 0 unspecified atom stereocenters. The van der Waals surface area contributed by atoms with E-state index in [-0.39, 0.29) is 23.5 Å². The molecular formula is C50H32F8N2O6. The van der Waals surface area contributed by atoms with Crippen LogP contribution in [0.5, 0.6) is 11.9 Å². The number of hydrogen-bond donors (Lipinski definition) is 0. The van der Waals surface area contributed by atoms with Crippen LogP contribution in [-0.2, 0) is 0 Å². The maximum atomic E-state index is 15.2. The van der Waals surface area contributed by atoms with Crippen LogP contribution in [0.4, 0.5) is 70.0 Å². The van der Waals surface area contributed by atoms with Crippen molar-refractivity contribution in [2.75, 3.05) is 23.0 Å². The molecule has 0 saturated carbocycles. The molecule has 0 aliphatic carbocycles. The van der Waals surface area contributed by atoms with Crippen LogP contribution in [0.1, 0.15) is 0 Å². The minimum absolute atomic E-state index is 0.108. The molecule has 6 aromatic carbocycles. The fraction of sp³-hybridized carbons (Fsp3) is 0.120. The molecule has 4 heterocycles. The van der Waals surface area contributed by atoms with Crippen molar-refractivity contribution in [3.63, 3.8) is 0 Å². The molecule has 0 bridgehead atoms. The van der Waals surface area contributed by atoms with Gasteiger partial charge in [0.15, 0.2) is 13.2 Å². The normalized spacial score (nSPS) is 12.7. The van der Waals surface area contributed by atoms with E-state index in [0.717, 1.165) is 22.9 Å². The first kappa shape index (κ1) is 42.1. The number of furan rings is 4. The summed E-state index contributed by atoms with van der Waals surface area (Å²) in [7, 11) is 0. The van der Waals surface area contributed by atoms with Gasteiger partial charge in [-0.2, -0.15) is 35.1 Å². The van der Waals surface area contributed by atoms with Crippen molar-refractivity contribution >= 4 is 78.4 Å². The number of ether oxygens (including phenoxy) is 2. The van der Waals surface area contributed by atoms with Crippen LogP contribution >= 0.6 is 0 Å². The van der Waals surface area contributed by atoms with Crippen molar-refractivity contribution in [3.05, 3.63) is 170 Å². The first-order valence-corrected chi connectivity index (χ1v) is 20.2. The number of anilines is 6. The van der Waals surface area contributed by atoms with Crippen LogP contribution in [0.3, 0.4) is 0 Å². The predicted octanol–water partition coefficient (Wildman–Crippen LogP) is 15.6. The number of hydrogen-bond acceptors (Lipinski definition) is 8. The Morgan fingerprint density at radius 2 is 0.727 bits per heavy atom. The Hall–Kier alpha value is -7.88. The lowest BCUT2D eigenvalue weighted by molar-refractivity contribution is -0.372. The molecule has 0 atom stereocenters. The van der Waals surface area contributed by atoms with E-state index in [1.165, 1.54) is 21.9 Å². The number of benzene rings is 6. The second kappa shape index (κ2) is 16.0. The third-order valence-corrected chi connectivity index (χ3v) is 11.0. The zero-order valence-corrected chi connectivity index (χ0v) is 33.9. The first-order valence-electron chi connectivity index (χ1n) is 20.2. The zero-order chi connectivity index (χ0) is 45.8. The molecule has 16 heteroatoms. The molecular weight excluding hydrogens is 877 g/mol. The van der Waals surface area contributed by atoms with Gasteiger partial charge in [0.25, 0.3) is 11.9 Å². The molecule has 66 heavy (non-hydrogen) atoms. The van der Waals surface area contributed by atoms with Gasteiger partial charge in [0, 0.05) is 57.9 Å². The summed E-state index contributed by atoms with van der Waals surface area (Å²) in [4.78, 5) is 2.94. The van der Waals surface area contributed by atoms with Gasteiger partial charge in [0.05, 0.1) is 11.4 Å². The molecule has 0 aliphatic heterocycles. The van der Waals surface area contributed by atoms with E-state index < -0.39 is 48.8 Å². The van der Waals surface area contributed by atoms with E-state index in [0.29, 0.717) is 44.1 Å². The summed E-state index contributed by atoms with van der Waals surface area (Å²) in [6.07, 6.45) is 0. The number of halogens is 8. The summed E-state index contributed by atoms with van der Waals surface area (Å²) >= 11 is 0. The monoisotopic (exact) mass is 908 g/mol. The minimum atomic E-state index is -6.69. The van der Waals surface area contributed by atoms with Crippen molar-refractivity contribution in [1.29, 1.82) is 0 Å². The molecule has 10 rings (SSSR count). The summed E-state index contributed by atoms with van der Waals surface area (Å²) in [6, 6.07) is 47.0. The number of para-hydroxylation sites is 2. The van der Waals surface area contributed by atoms with Gasteiger partial charge >= 0.3 is 23.7 Å². The van der Waals surface area contributed by atoms with Crippen molar-refractivity contribution in [2.45, 2.75) is 23.7 Å². The Labute approximate surface area is 368 Å². The summed E-state index contributed by atoms with van der Waals surface area (Å²) in [6.45, 7) is -4.96. The van der Waals surface area contributed by atoms with Gasteiger partial charge in [0.1, 0.15) is 11.2 Å². The Morgan fingerprint density at radius 3 is 1.14 bits per heavy atom. The van der Waals surface area contributed by atoms with Crippen LogP contribution in [0.15, 0.2) is 188 Å². The van der Waals surface area contributed by atoms with Gasteiger partial charge < -0.3 is 27.1 Å². The highest BCUT2D eigenvalue weighted by atomic mass is 19.4. The van der Waals surface area contributed by atoms with E-state index in [1.54, 1.807) is 109 Å². The Bertz CT molecular complexity index is 3060. The van der Waals surface area contributed by atoms with Crippen LogP contribution in [-0.4, -0.2) is 36.9 Å². The Balaban J connectivity index is 0.870. The molecule has 334 valence electrons. The van der Waals surface area contributed by atoms with Crippen molar-refractivity contribution in [3.8, 4) is 11.9 Å². The smallest absolute Gasteiger partial charge is 0.381 e. The number of alkyl halides is 8. The van der Waals surface area contributed by atoms with Gasteiger partial charge in [-0.25, -0.2) is 9.80 Å². The second-order valence-electron chi connectivity index (χ2n) is 15.2. The molecule has 0 amide bonds. The highest BCUT2D eigenvalue weighted by Gasteiger charge is 2.81. The van der Waals surface area contributed by atoms with E-state index in [2.05, 4.69) is 0 Å². The Kier molecular flexibility index (Phi) is 10.2. The molecule has 10 aromatic rings. The summed E-state index contributed by atoms with van der Waals surface area (Å²) in [5.74, 6) is -26.6. The lowest BCUT2D eigenvalue weighted by Gasteiger charge is -2.36. The molecule has 0 spiro atoms. The fourth-order valence-electron chi connectivity index (χ4n) is 7.64. The number of nitrogens with zero attached hydrogens (tertiary/aromatic N) is 2. The van der Waals surface area contributed by atoms with Crippen LogP contribution in [0, 0.1) is 0 Å². The largest absolute Gasteiger partial charge is 0.458 e. The molecule has 0 aliphatic rings. The highest BCUT2D eigenvalue weighted by molar-refractivity contribution is 6.00. The molecule has 0 saturated heterocycles. The molecule has 4 aromatic heterocycles. The summed E-state index contributed by atoms with van der Waals surface area (Å²) < 4.78 is 155. The first-order chi connectivity index (χ1) is 31.7. The highest BCUT2D eigenvalue weighted by Crippen LogP contribution is 2.53. The maximum Gasteiger partial charge on any atom is 0.381 e. The second-order valence-corrected chi connectivity index (χ2v) is 15.2. The molecule has 0 radical (unpaired) electrons. The van der Waals surface area contributed by atoms with E-state index in [1.807, 2.05) is 36.4 Å². The van der Waals surface area contributed by atoms with Crippen LogP contribution < -0.4 is 19.3 Å². The zero-order valence-electron chi connectivity index (χ0n) is 33.9. The van der Waals surface area contributed by atoms with Gasteiger partial charge in [-0.3, -0.25) is 0 Å². The van der Waals surface area contributed by atoms with Crippen LogP contribution in [0.2, 0.25) is 0 Å². The third-order valence-electron chi connectivity index (χ3n) is 11.0. The number of fused-ring (bicyclic) bond motifs is 4. The molecule has 0 N–H and O–H groups in total. The van der Waals surface area contributed by atoms with E-state index in [4.69, 9.17) is 27.1 Å². The number of rotatable bonds is 15. The predicted molar refractivity (Wildman–Crippen MR) is 232 cm³/mol. The minimum Gasteiger partial charge on any atom is -0.458 e. The Morgan fingerprint density at radius 1 is 0.364 bits per heavy atom. The third kappa shape index (κ3) is 7.27. The maximum absolute atomic E-state index is 15.2. The van der Waals surface area contributed by atoms with Gasteiger partial charge in [-0.15, -0.1) is 0 Å². The average molecular weight is 909 g/mol. The van der Waals surface area contributed by atoms with Gasteiger partial charge in [-0.1, -0.05) is 109 Å². The molecule has 8 nitrogen and oxygen atoms in total. The van der Waals surface area contributed by atoms with E-state index >= 15 is 35.1 Å². The quantitative estimate of drug-likeness (QED) is 0.0942. The SMILES string of the molecule is FC(F)(COc1ccc(N(c2cc3ccccc3o2)c2cccc3ccccc23)o1)C(F)(F)C(F)(F)C(F)(F)COc1ccc(N(c2cc3ccccc3o2)c2cccc3ccccc23)o1. The fourth-order valence-corrected chi connectivity index (χ4v) is 7.64. The summed E-state index contributed by atoms with van der Waals surface area (Å²) in [5.41, 5.74) is 1.96. The van der Waals surface area contributed by atoms with Crippen molar-refractivity contribution in [1.82, 2.24) is 0 Å². The van der Waals surface area contributed by atoms with Gasteiger partial charge in [-0.05, 0) is 35.0 Å².